The van der Waals surface area contributed by atoms with E-state index in [9.17, 15) is 4.79 Å². The molecule has 6 atom stereocenters. The molecule has 2 saturated carbocycles. The number of hydrogen-bond acceptors (Lipinski definition) is 6. The van der Waals surface area contributed by atoms with E-state index in [1.54, 1.807) is 14.2 Å². The Bertz CT molecular complexity index is 927. The summed E-state index contributed by atoms with van der Waals surface area (Å²) < 4.78 is 23.1. The molecule has 0 bridgehead atoms. The SMILES string of the molecule is COc1cc2c(cc1OC)CN(CC1C(=O)OC3CC4(C)CCCC5(CO5)C4CC31)CC2. The highest BCUT2D eigenvalue weighted by Crippen LogP contribution is 2.62. The second kappa shape index (κ2) is 7.36. The molecule has 4 fully saturated rings. The van der Waals surface area contributed by atoms with Gasteiger partial charge in [0.05, 0.1) is 32.3 Å². The number of carbonyl (C=O) groups is 1. The number of esters is 1. The van der Waals surface area contributed by atoms with Gasteiger partial charge >= 0.3 is 5.97 Å². The third-order valence-electron chi connectivity index (χ3n) is 9.33. The first kappa shape index (κ1) is 20.8. The maximum Gasteiger partial charge on any atom is 0.310 e. The Labute approximate surface area is 190 Å². The highest BCUT2D eigenvalue weighted by Gasteiger charge is 2.65. The van der Waals surface area contributed by atoms with Gasteiger partial charge in [-0.2, -0.15) is 0 Å². The molecule has 5 aliphatic rings. The molecule has 6 rings (SSSR count). The zero-order valence-corrected chi connectivity index (χ0v) is 19.5. The molecule has 2 aliphatic carbocycles. The lowest BCUT2D eigenvalue weighted by Crippen LogP contribution is -2.51. The van der Waals surface area contributed by atoms with Crippen molar-refractivity contribution >= 4 is 5.97 Å². The summed E-state index contributed by atoms with van der Waals surface area (Å²) in [5.74, 6) is 2.45. The first-order valence-corrected chi connectivity index (χ1v) is 12.3. The van der Waals surface area contributed by atoms with Gasteiger partial charge in [0.2, 0.25) is 0 Å². The number of fused-ring (bicyclic) bond motifs is 4. The number of benzene rings is 1. The molecule has 0 amide bonds. The zero-order valence-electron chi connectivity index (χ0n) is 19.5. The second-order valence-electron chi connectivity index (χ2n) is 11.1. The van der Waals surface area contributed by atoms with Crippen LogP contribution in [0.4, 0.5) is 0 Å². The third-order valence-corrected chi connectivity index (χ3v) is 9.33. The van der Waals surface area contributed by atoms with Gasteiger partial charge in [0.15, 0.2) is 11.5 Å². The summed E-state index contributed by atoms with van der Waals surface area (Å²) in [7, 11) is 3.36. The Morgan fingerprint density at radius 1 is 1.16 bits per heavy atom. The summed E-state index contributed by atoms with van der Waals surface area (Å²) >= 11 is 0. The molecule has 1 aromatic carbocycles. The van der Waals surface area contributed by atoms with Gasteiger partial charge in [0.25, 0.3) is 0 Å². The lowest BCUT2D eigenvalue weighted by atomic mass is 9.53. The van der Waals surface area contributed by atoms with Crippen LogP contribution in [0.3, 0.4) is 0 Å². The van der Waals surface area contributed by atoms with Crippen molar-refractivity contribution in [3.63, 3.8) is 0 Å². The topological polar surface area (TPSA) is 60.5 Å². The molecule has 0 aromatic heterocycles. The van der Waals surface area contributed by atoms with Gasteiger partial charge in [-0.15, -0.1) is 0 Å². The quantitative estimate of drug-likeness (QED) is 0.526. The van der Waals surface area contributed by atoms with E-state index in [2.05, 4.69) is 24.0 Å². The fraction of sp³-hybridized carbons (Fsp3) is 0.731. The Morgan fingerprint density at radius 2 is 1.91 bits per heavy atom. The molecule has 1 spiro atoms. The summed E-state index contributed by atoms with van der Waals surface area (Å²) in [6.07, 6.45) is 6.81. The normalized spacial score (nSPS) is 40.3. The van der Waals surface area contributed by atoms with E-state index in [4.69, 9.17) is 18.9 Å². The molecule has 1 aromatic rings. The van der Waals surface area contributed by atoms with Gasteiger partial charge in [0.1, 0.15) is 6.10 Å². The largest absolute Gasteiger partial charge is 0.493 e. The van der Waals surface area contributed by atoms with Crippen molar-refractivity contribution < 1.29 is 23.7 Å². The smallest absolute Gasteiger partial charge is 0.310 e. The summed E-state index contributed by atoms with van der Waals surface area (Å²) in [6.45, 7) is 5.91. The lowest BCUT2D eigenvalue weighted by Gasteiger charge is -2.51. The van der Waals surface area contributed by atoms with Gasteiger partial charge in [-0.05, 0) is 73.1 Å². The van der Waals surface area contributed by atoms with Crippen LogP contribution in [0.2, 0.25) is 0 Å². The molecule has 32 heavy (non-hydrogen) atoms. The Hall–Kier alpha value is -1.79. The van der Waals surface area contributed by atoms with Crippen LogP contribution in [0.1, 0.15) is 50.2 Å². The minimum absolute atomic E-state index is 0.0196. The van der Waals surface area contributed by atoms with E-state index in [1.165, 1.54) is 30.4 Å². The van der Waals surface area contributed by atoms with E-state index in [0.29, 0.717) is 11.8 Å². The number of epoxide rings is 1. The van der Waals surface area contributed by atoms with Crippen LogP contribution in [0, 0.1) is 23.2 Å². The molecule has 6 heteroatoms. The van der Waals surface area contributed by atoms with Gasteiger partial charge in [-0.25, -0.2) is 0 Å². The second-order valence-corrected chi connectivity index (χ2v) is 11.1. The minimum atomic E-state index is -0.0241. The van der Waals surface area contributed by atoms with Crippen LogP contribution in [0.15, 0.2) is 12.1 Å². The molecule has 0 radical (unpaired) electrons. The van der Waals surface area contributed by atoms with Crippen LogP contribution in [0.5, 0.6) is 11.5 Å². The highest BCUT2D eigenvalue weighted by atomic mass is 16.6. The van der Waals surface area contributed by atoms with Crippen LogP contribution in [-0.4, -0.2) is 56.5 Å². The number of hydrogen-bond donors (Lipinski definition) is 0. The highest BCUT2D eigenvalue weighted by molar-refractivity contribution is 5.75. The molecule has 174 valence electrons. The van der Waals surface area contributed by atoms with Crippen molar-refractivity contribution in [3.05, 3.63) is 23.3 Å². The van der Waals surface area contributed by atoms with Gasteiger partial charge in [-0.3, -0.25) is 9.69 Å². The molecule has 6 unspecified atom stereocenters. The molecule has 0 N–H and O–H groups in total. The molecular weight excluding hydrogens is 406 g/mol. The van der Waals surface area contributed by atoms with Gasteiger partial charge in [-0.1, -0.05) is 6.92 Å². The zero-order chi connectivity index (χ0) is 22.1. The summed E-state index contributed by atoms with van der Waals surface area (Å²) in [5, 5.41) is 0. The maximum atomic E-state index is 13.0. The van der Waals surface area contributed by atoms with Crippen molar-refractivity contribution in [2.24, 2.45) is 23.2 Å². The summed E-state index contributed by atoms with van der Waals surface area (Å²) in [4.78, 5) is 15.4. The molecule has 3 heterocycles. The number of methoxy groups -OCH3 is 2. The Kier molecular flexibility index (Phi) is 4.78. The van der Waals surface area contributed by atoms with Crippen molar-refractivity contribution in [2.75, 3.05) is 33.9 Å². The molecule has 2 saturated heterocycles. The molecule has 6 nitrogen and oxygen atoms in total. The Morgan fingerprint density at radius 3 is 2.62 bits per heavy atom. The average molecular weight is 442 g/mol. The van der Waals surface area contributed by atoms with E-state index in [-0.39, 0.29) is 29.0 Å². The maximum absolute atomic E-state index is 13.0. The van der Waals surface area contributed by atoms with Crippen molar-refractivity contribution in [3.8, 4) is 11.5 Å². The fourth-order valence-electron chi connectivity index (χ4n) is 7.54. The summed E-state index contributed by atoms with van der Waals surface area (Å²) in [6, 6.07) is 4.20. The van der Waals surface area contributed by atoms with Gasteiger partial charge in [0, 0.05) is 25.6 Å². The molecule has 3 aliphatic heterocycles. The monoisotopic (exact) mass is 441 g/mol. The minimum Gasteiger partial charge on any atom is -0.493 e. The standard InChI is InChI=1S/C26H35NO5/c1-25-6-4-7-26(15-31-26)23(25)11-18-19(24(28)32-22(18)12-25)14-27-8-5-16-9-20(29-2)21(30-3)10-17(16)13-27/h9-10,18-19,22-23H,4-8,11-15H2,1-3H3. The van der Waals surface area contributed by atoms with Crippen molar-refractivity contribution in [1.29, 1.82) is 0 Å². The predicted molar refractivity (Wildman–Crippen MR) is 119 cm³/mol. The number of rotatable bonds is 4. The fourth-order valence-corrected chi connectivity index (χ4v) is 7.54. The first-order chi connectivity index (χ1) is 15.4. The van der Waals surface area contributed by atoms with E-state index in [0.717, 1.165) is 57.0 Å². The number of ether oxygens (including phenoxy) is 4. The Balaban J connectivity index is 1.19. The molecular formula is C26H35NO5. The van der Waals surface area contributed by atoms with E-state index >= 15 is 0 Å². The van der Waals surface area contributed by atoms with Crippen molar-refractivity contribution in [2.45, 2.75) is 63.7 Å². The number of carbonyl (C=O) groups excluding carboxylic acids is 1. The lowest BCUT2D eigenvalue weighted by molar-refractivity contribution is -0.147. The van der Waals surface area contributed by atoms with E-state index in [1.807, 2.05) is 0 Å². The van der Waals surface area contributed by atoms with Crippen LogP contribution in [0.25, 0.3) is 0 Å². The first-order valence-electron chi connectivity index (χ1n) is 12.3. The number of nitrogens with zero attached hydrogens (tertiary/aromatic N) is 1. The summed E-state index contributed by atoms with van der Waals surface area (Å²) in [5.41, 5.74) is 2.94. The van der Waals surface area contributed by atoms with Crippen LogP contribution < -0.4 is 9.47 Å². The third kappa shape index (κ3) is 3.17. The van der Waals surface area contributed by atoms with Crippen molar-refractivity contribution in [1.82, 2.24) is 4.90 Å². The predicted octanol–water partition coefficient (Wildman–Crippen LogP) is 3.59. The average Bonchev–Trinajstić information content (AvgIpc) is 3.49. The van der Waals surface area contributed by atoms with E-state index < -0.39 is 0 Å². The van der Waals surface area contributed by atoms with Crippen LogP contribution >= 0.6 is 0 Å². The van der Waals surface area contributed by atoms with Gasteiger partial charge < -0.3 is 18.9 Å². The van der Waals surface area contributed by atoms with Crippen LogP contribution in [-0.2, 0) is 27.2 Å².